The van der Waals surface area contributed by atoms with Gasteiger partial charge < -0.3 is 15.2 Å². The van der Waals surface area contributed by atoms with E-state index in [9.17, 15) is 19.6 Å². The maximum absolute atomic E-state index is 13.3. The minimum Gasteiger partial charge on any atom is -0.508 e. The molecule has 3 rings (SSSR count). The molecule has 0 radical (unpaired) electrons. The van der Waals surface area contributed by atoms with Gasteiger partial charge in [0.1, 0.15) is 18.1 Å². The van der Waals surface area contributed by atoms with E-state index < -0.39 is 16.4 Å². The Labute approximate surface area is 118 Å². The number of hydrogen-bond acceptors (Lipinski definition) is 5. The number of nitro groups is 1. The molecule has 6 nitrogen and oxygen atoms in total. The van der Waals surface area contributed by atoms with Crippen LogP contribution < -0.4 is 10.1 Å². The molecule has 0 aromatic heterocycles. The van der Waals surface area contributed by atoms with E-state index in [2.05, 4.69) is 5.32 Å². The zero-order valence-electron chi connectivity index (χ0n) is 10.7. The van der Waals surface area contributed by atoms with Crippen molar-refractivity contribution >= 4 is 11.4 Å². The number of ether oxygens (including phenoxy) is 1. The summed E-state index contributed by atoms with van der Waals surface area (Å²) < 4.78 is 18.7. The number of nitro benzene ring substituents is 1. The van der Waals surface area contributed by atoms with Gasteiger partial charge in [0.15, 0.2) is 0 Å². The van der Waals surface area contributed by atoms with Crippen LogP contribution in [0.1, 0.15) is 11.6 Å². The lowest BCUT2D eigenvalue weighted by atomic mass is 10.1. The highest BCUT2D eigenvalue weighted by molar-refractivity contribution is 5.55. The molecule has 0 saturated heterocycles. The molecule has 108 valence electrons. The summed E-state index contributed by atoms with van der Waals surface area (Å²) in [5.41, 5.74) is 0.683. The minimum atomic E-state index is -0.876. The number of nitrogens with zero attached hydrogens (tertiary/aromatic N) is 1. The zero-order valence-corrected chi connectivity index (χ0v) is 10.7. The summed E-state index contributed by atoms with van der Waals surface area (Å²) in [5.74, 6) is -0.213. The molecule has 0 spiro atoms. The first-order valence-electron chi connectivity index (χ1n) is 6.21. The van der Waals surface area contributed by atoms with Crippen LogP contribution in [0.3, 0.4) is 0 Å². The molecule has 0 bridgehead atoms. The van der Waals surface area contributed by atoms with Crippen molar-refractivity contribution in [3.05, 3.63) is 57.9 Å². The van der Waals surface area contributed by atoms with E-state index in [4.69, 9.17) is 4.74 Å². The lowest BCUT2D eigenvalue weighted by Gasteiger charge is -2.13. The fourth-order valence-electron chi connectivity index (χ4n) is 2.26. The summed E-state index contributed by atoms with van der Waals surface area (Å²) in [4.78, 5) is 9.97. The molecular weight excluding hydrogens is 279 g/mol. The van der Waals surface area contributed by atoms with Crippen LogP contribution in [0.4, 0.5) is 15.8 Å². The van der Waals surface area contributed by atoms with Crippen molar-refractivity contribution in [2.24, 2.45) is 0 Å². The predicted octanol–water partition coefficient (Wildman–Crippen LogP) is 2.99. The average Bonchev–Trinajstić information content (AvgIpc) is 2.83. The topological polar surface area (TPSA) is 84.6 Å². The summed E-state index contributed by atoms with van der Waals surface area (Å²) in [5, 5.41) is 23.2. The van der Waals surface area contributed by atoms with E-state index in [1.165, 1.54) is 18.2 Å². The third kappa shape index (κ3) is 2.45. The van der Waals surface area contributed by atoms with Gasteiger partial charge in [-0.3, -0.25) is 10.1 Å². The maximum atomic E-state index is 13.3. The summed E-state index contributed by atoms with van der Waals surface area (Å²) in [6.07, 6.45) is 0. The van der Waals surface area contributed by atoms with E-state index in [1.807, 2.05) is 0 Å². The third-order valence-corrected chi connectivity index (χ3v) is 3.26. The van der Waals surface area contributed by atoms with Crippen LogP contribution in [0, 0.1) is 15.9 Å². The van der Waals surface area contributed by atoms with Crippen molar-refractivity contribution < 1.29 is 19.2 Å². The summed E-state index contributed by atoms with van der Waals surface area (Å²) >= 11 is 0. The van der Waals surface area contributed by atoms with Gasteiger partial charge in [0.05, 0.1) is 11.0 Å². The van der Waals surface area contributed by atoms with Crippen molar-refractivity contribution in [2.75, 3.05) is 11.9 Å². The van der Waals surface area contributed by atoms with Gasteiger partial charge in [0, 0.05) is 23.4 Å². The average molecular weight is 290 g/mol. The normalized spacial score (nSPS) is 16.1. The first-order valence-corrected chi connectivity index (χ1v) is 6.21. The second-order valence-electron chi connectivity index (χ2n) is 4.65. The Morgan fingerprint density at radius 3 is 2.90 bits per heavy atom. The largest absolute Gasteiger partial charge is 0.508 e. The third-order valence-electron chi connectivity index (χ3n) is 3.26. The Kier molecular flexibility index (Phi) is 3.09. The zero-order chi connectivity index (χ0) is 15.0. The van der Waals surface area contributed by atoms with E-state index in [0.717, 1.165) is 17.7 Å². The van der Waals surface area contributed by atoms with E-state index in [0.29, 0.717) is 18.0 Å². The van der Waals surface area contributed by atoms with Gasteiger partial charge in [-0.05, 0) is 24.3 Å². The molecule has 1 unspecified atom stereocenters. The van der Waals surface area contributed by atoms with Crippen LogP contribution in [-0.4, -0.2) is 16.6 Å². The molecule has 7 heteroatoms. The smallest absolute Gasteiger partial charge is 0.306 e. The maximum Gasteiger partial charge on any atom is 0.306 e. The first-order chi connectivity index (χ1) is 10.0. The van der Waals surface area contributed by atoms with Gasteiger partial charge in [-0.25, -0.2) is 0 Å². The van der Waals surface area contributed by atoms with Crippen molar-refractivity contribution in [1.29, 1.82) is 0 Å². The number of phenolic OH excluding ortho intramolecular Hbond substituents is 1. The number of aromatic hydroxyl groups is 1. The Morgan fingerprint density at radius 2 is 2.14 bits per heavy atom. The second-order valence-corrected chi connectivity index (χ2v) is 4.65. The number of hydrogen-bond donors (Lipinski definition) is 2. The molecule has 21 heavy (non-hydrogen) atoms. The molecule has 2 aromatic rings. The van der Waals surface area contributed by atoms with E-state index in [-0.39, 0.29) is 11.8 Å². The SMILES string of the molecule is O=[N+]([O-])c1cc(NC2COc3cc(O)ccc32)ccc1F. The first kappa shape index (κ1) is 13.2. The molecule has 2 aromatic carbocycles. The van der Waals surface area contributed by atoms with Crippen LogP contribution in [0.5, 0.6) is 11.5 Å². The highest BCUT2D eigenvalue weighted by Crippen LogP contribution is 2.37. The number of phenols is 1. The standard InChI is InChI=1S/C14H11FN2O4/c15-11-4-1-8(5-13(11)17(19)20)16-12-7-21-14-6-9(18)2-3-10(12)14/h1-6,12,16,18H,7H2. The minimum absolute atomic E-state index is 0.104. The van der Waals surface area contributed by atoms with Gasteiger partial charge in [-0.1, -0.05) is 0 Å². The monoisotopic (exact) mass is 290 g/mol. The molecule has 1 aliphatic heterocycles. The molecule has 2 N–H and O–H groups in total. The van der Waals surface area contributed by atoms with Crippen LogP contribution in [-0.2, 0) is 0 Å². The van der Waals surface area contributed by atoms with E-state index in [1.54, 1.807) is 6.07 Å². The summed E-state index contributed by atoms with van der Waals surface area (Å²) in [7, 11) is 0. The molecule has 1 atom stereocenters. The van der Waals surface area contributed by atoms with Crippen molar-refractivity contribution in [2.45, 2.75) is 6.04 Å². The van der Waals surface area contributed by atoms with Crippen molar-refractivity contribution in [3.63, 3.8) is 0 Å². The lowest BCUT2D eigenvalue weighted by molar-refractivity contribution is -0.387. The molecule has 0 aliphatic carbocycles. The number of fused-ring (bicyclic) bond motifs is 1. The fraction of sp³-hybridized carbons (Fsp3) is 0.143. The molecule has 0 saturated carbocycles. The van der Waals surface area contributed by atoms with E-state index >= 15 is 0 Å². The Hall–Kier alpha value is -2.83. The number of rotatable bonds is 3. The van der Waals surface area contributed by atoms with Gasteiger partial charge in [-0.15, -0.1) is 0 Å². The summed E-state index contributed by atoms with van der Waals surface area (Å²) in [6.45, 7) is 0.323. The molecular formula is C14H11FN2O4. The Bertz CT molecular complexity index is 720. The predicted molar refractivity (Wildman–Crippen MR) is 73.0 cm³/mol. The van der Waals surface area contributed by atoms with Gasteiger partial charge in [0.25, 0.3) is 0 Å². The van der Waals surface area contributed by atoms with Crippen LogP contribution in [0.15, 0.2) is 36.4 Å². The van der Waals surface area contributed by atoms with Crippen molar-refractivity contribution in [1.82, 2.24) is 0 Å². The number of anilines is 1. The Morgan fingerprint density at radius 1 is 1.33 bits per heavy atom. The molecule has 1 aliphatic rings. The fourth-order valence-corrected chi connectivity index (χ4v) is 2.26. The Balaban J connectivity index is 1.86. The highest BCUT2D eigenvalue weighted by atomic mass is 19.1. The molecule has 1 heterocycles. The van der Waals surface area contributed by atoms with Crippen LogP contribution >= 0.6 is 0 Å². The second kappa shape index (κ2) is 4.93. The van der Waals surface area contributed by atoms with Crippen LogP contribution in [0.25, 0.3) is 0 Å². The van der Waals surface area contributed by atoms with Crippen LogP contribution in [0.2, 0.25) is 0 Å². The lowest BCUT2D eigenvalue weighted by Crippen LogP contribution is -2.12. The van der Waals surface area contributed by atoms with Gasteiger partial charge in [0.2, 0.25) is 5.82 Å². The van der Waals surface area contributed by atoms with Gasteiger partial charge in [-0.2, -0.15) is 4.39 Å². The highest BCUT2D eigenvalue weighted by Gasteiger charge is 2.25. The van der Waals surface area contributed by atoms with Crippen molar-refractivity contribution in [3.8, 4) is 11.5 Å². The molecule has 0 amide bonds. The molecule has 0 fully saturated rings. The summed E-state index contributed by atoms with van der Waals surface area (Å²) in [6, 6.07) is 8.17. The number of benzene rings is 2. The number of halogens is 1. The quantitative estimate of drug-likeness (QED) is 0.670. The number of nitrogens with one attached hydrogen (secondary N) is 1. The van der Waals surface area contributed by atoms with Gasteiger partial charge >= 0.3 is 5.69 Å².